The standard InChI is InChI=1S/C25H24N4O3/c1-18-7-9-20(10-8-18)24(30)28-13-15-29(16-14-28)25-21(17-26)27-23(32-25)12-11-19-5-3-4-6-22(19)31-2/h3-12H,13-16H2,1-2H3/b12-11+. The quantitative estimate of drug-likeness (QED) is 0.611. The Morgan fingerprint density at radius 2 is 1.81 bits per heavy atom. The molecule has 0 bridgehead atoms. The monoisotopic (exact) mass is 428 g/mol. The summed E-state index contributed by atoms with van der Waals surface area (Å²) in [5.41, 5.74) is 2.93. The number of nitrogens with zero attached hydrogens (tertiary/aromatic N) is 4. The Balaban J connectivity index is 1.45. The number of carbonyl (C=O) groups excluding carboxylic acids is 1. The van der Waals surface area contributed by atoms with Crippen molar-refractivity contribution < 1.29 is 13.9 Å². The molecular weight excluding hydrogens is 404 g/mol. The summed E-state index contributed by atoms with van der Waals surface area (Å²) in [6.07, 6.45) is 3.56. The van der Waals surface area contributed by atoms with Gasteiger partial charge < -0.3 is 19.0 Å². The maximum atomic E-state index is 12.8. The highest BCUT2D eigenvalue weighted by atomic mass is 16.5. The second-order valence-corrected chi connectivity index (χ2v) is 7.54. The number of hydrogen-bond acceptors (Lipinski definition) is 6. The van der Waals surface area contributed by atoms with Crippen LogP contribution in [0.3, 0.4) is 0 Å². The number of benzene rings is 2. The van der Waals surface area contributed by atoms with Gasteiger partial charge in [0, 0.05) is 43.4 Å². The molecule has 1 aliphatic rings. The van der Waals surface area contributed by atoms with E-state index in [9.17, 15) is 10.1 Å². The van der Waals surface area contributed by atoms with E-state index in [4.69, 9.17) is 9.15 Å². The number of oxazole rings is 1. The number of piperazine rings is 1. The summed E-state index contributed by atoms with van der Waals surface area (Å²) < 4.78 is 11.2. The first-order valence-electron chi connectivity index (χ1n) is 10.4. The molecule has 0 atom stereocenters. The van der Waals surface area contributed by atoms with Gasteiger partial charge in [0.05, 0.1) is 7.11 Å². The van der Waals surface area contributed by atoms with Gasteiger partial charge in [0.25, 0.3) is 5.91 Å². The molecule has 1 aromatic heterocycles. The molecule has 0 N–H and O–H groups in total. The Bertz CT molecular complexity index is 1170. The highest BCUT2D eigenvalue weighted by Gasteiger charge is 2.26. The fraction of sp³-hybridized carbons (Fsp3) is 0.240. The van der Waals surface area contributed by atoms with Crippen molar-refractivity contribution in [2.75, 3.05) is 38.2 Å². The van der Waals surface area contributed by atoms with Crippen LogP contribution in [0.4, 0.5) is 5.88 Å². The average Bonchev–Trinajstić information content (AvgIpc) is 3.26. The third-order valence-electron chi connectivity index (χ3n) is 5.43. The topological polar surface area (TPSA) is 82.6 Å². The van der Waals surface area contributed by atoms with Gasteiger partial charge in [-0.1, -0.05) is 35.9 Å². The van der Waals surface area contributed by atoms with Crippen LogP contribution in [-0.2, 0) is 0 Å². The zero-order chi connectivity index (χ0) is 22.5. The molecule has 0 saturated carbocycles. The fourth-order valence-corrected chi connectivity index (χ4v) is 3.64. The number of methoxy groups -OCH3 is 1. The molecule has 2 heterocycles. The summed E-state index contributed by atoms with van der Waals surface area (Å²) in [7, 11) is 1.62. The number of hydrogen-bond donors (Lipinski definition) is 0. The Labute approximate surface area is 187 Å². The van der Waals surface area contributed by atoms with Crippen molar-refractivity contribution in [2.24, 2.45) is 0 Å². The summed E-state index contributed by atoms with van der Waals surface area (Å²) >= 11 is 0. The van der Waals surface area contributed by atoms with Crippen LogP contribution < -0.4 is 9.64 Å². The second kappa shape index (κ2) is 9.40. The summed E-state index contributed by atoms with van der Waals surface area (Å²) in [4.78, 5) is 20.8. The van der Waals surface area contributed by atoms with E-state index < -0.39 is 0 Å². The van der Waals surface area contributed by atoms with E-state index in [1.165, 1.54) is 0 Å². The first-order chi connectivity index (χ1) is 15.6. The average molecular weight is 428 g/mol. The lowest BCUT2D eigenvalue weighted by Gasteiger charge is -2.34. The number of aromatic nitrogens is 1. The molecule has 1 saturated heterocycles. The molecule has 0 radical (unpaired) electrons. The number of aryl methyl sites for hydroxylation is 1. The molecule has 7 heteroatoms. The van der Waals surface area contributed by atoms with Gasteiger partial charge in [0.1, 0.15) is 11.8 Å². The van der Waals surface area contributed by atoms with Gasteiger partial charge in [-0.2, -0.15) is 10.2 Å². The van der Waals surface area contributed by atoms with E-state index in [0.717, 1.165) is 16.9 Å². The van der Waals surface area contributed by atoms with Gasteiger partial charge in [0.2, 0.25) is 17.5 Å². The molecule has 0 unspecified atom stereocenters. The lowest BCUT2D eigenvalue weighted by molar-refractivity contribution is 0.0745. The van der Waals surface area contributed by atoms with E-state index in [-0.39, 0.29) is 11.6 Å². The van der Waals surface area contributed by atoms with Crippen LogP contribution in [0, 0.1) is 18.3 Å². The van der Waals surface area contributed by atoms with E-state index >= 15 is 0 Å². The third-order valence-corrected chi connectivity index (χ3v) is 5.43. The maximum Gasteiger partial charge on any atom is 0.253 e. The van der Waals surface area contributed by atoms with Gasteiger partial charge in [0.15, 0.2) is 0 Å². The molecule has 1 amide bonds. The Morgan fingerprint density at radius 3 is 2.50 bits per heavy atom. The summed E-state index contributed by atoms with van der Waals surface area (Å²) in [6, 6.07) is 17.3. The number of carbonyl (C=O) groups is 1. The summed E-state index contributed by atoms with van der Waals surface area (Å²) in [5, 5.41) is 9.53. The van der Waals surface area contributed by atoms with Crippen LogP contribution in [-0.4, -0.2) is 49.1 Å². The minimum Gasteiger partial charge on any atom is -0.496 e. The zero-order valence-corrected chi connectivity index (χ0v) is 18.1. The largest absolute Gasteiger partial charge is 0.496 e. The van der Waals surface area contributed by atoms with Gasteiger partial charge >= 0.3 is 0 Å². The summed E-state index contributed by atoms with van der Waals surface area (Å²) in [6.45, 7) is 4.22. The Morgan fingerprint density at radius 1 is 1.09 bits per heavy atom. The minimum absolute atomic E-state index is 0.0168. The first-order valence-corrected chi connectivity index (χ1v) is 10.4. The van der Waals surface area contributed by atoms with Crippen molar-refractivity contribution in [3.8, 4) is 11.8 Å². The molecule has 32 heavy (non-hydrogen) atoms. The van der Waals surface area contributed by atoms with Crippen LogP contribution in [0.5, 0.6) is 5.75 Å². The van der Waals surface area contributed by atoms with Crippen molar-refractivity contribution in [2.45, 2.75) is 6.92 Å². The van der Waals surface area contributed by atoms with Gasteiger partial charge in [-0.15, -0.1) is 0 Å². The van der Waals surface area contributed by atoms with Crippen molar-refractivity contribution >= 4 is 23.9 Å². The number of para-hydroxylation sites is 1. The molecule has 7 nitrogen and oxygen atoms in total. The van der Waals surface area contributed by atoms with Crippen molar-refractivity contribution in [1.82, 2.24) is 9.88 Å². The first kappa shape index (κ1) is 21.2. The van der Waals surface area contributed by atoms with Crippen molar-refractivity contribution in [1.29, 1.82) is 5.26 Å². The van der Waals surface area contributed by atoms with E-state index in [0.29, 0.717) is 43.5 Å². The van der Waals surface area contributed by atoms with Crippen LogP contribution in [0.25, 0.3) is 12.2 Å². The minimum atomic E-state index is 0.0168. The lowest BCUT2D eigenvalue weighted by atomic mass is 10.1. The predicted molar refractivity (Wildman–Crippen MR) is 122 cm³/mol. The van der Waals surface area contributed by atoms with E-state index in [2.05, 4.69) is 11.1 Å². The van der Waals surface area contributed by atoms with Gasteiger partial charge in [-0.25, -0.2) is 0 Å². The number of amides is 1. The van der Waals surface area contributed by atoms with Crippen LogP contribution >= 0.6 is 0 Å². The Kier molecular flexibility index (Phi) is 6.22. The molecule has 3 aromatic rings. The number of nitriles is 1. The van der Waals surface area contributed by atoms with Gasteiger partial charge in [-0.3, -0.25) is 4.79 Å². The molecule has 1 aliphatic heterocycles. The van der Waals surface area contributed by atoms with Gasteiger partial charge in [-0.05, 0) is 31.2 Å². The smallest absolute Gasteiger partial charge is 0.253 e. The third kappa shape index (κ3) is 4.49. The van der Waals surface area contributed by atoms with Crippen molar-refractivity contribution in [3.63, 3.8) is 0 Å². The highest BCUT2D eigenvalue weighted by molar-refractivity contribution is 5.94. The second-order valence-electron chi connectivity index (χ2n) is 7.54. The normalized spacial score (nSPS) is 13.9. The molecule has 2 aromatic carbocycles. The molecule has 1 fully saturated rings. The predicted octanol–water partition coefficient (Wildman–Crippen LogP) is 4.00. The van der Waals surface area contributed by atoms with Crippen LogP contribution in [0.2, 0.25) is 0 Å². The van der Waals surface area contributed by atoms with Crippen LogP contribution in [0.1, 0.15) is 33.1 Å². The lowest BCUT2D eigenvalue weighted by Crippen LogP contribution is -2.48. The molecule has 0 aliphatic carbocycles. The molecular formula is C25H24N4O3. The maximum absolute atomic E-state index is 12.8. The fourth-order valence-electron chi connectivity index (χ4n) is 3.64. The summed E-state index contributed by atoms with van der Waals surface area (Å²) in [5.74, 6) is 1.55. The van der Waals surface area contributed by atoms with E-state index in [1.54, 1.807) is 13.2 Å². The molecule has 162 valence electrons. The van der Waals surface area contributed by atoms with Crippen molar-refractivity contribution in [3.05, 3.63) is 76.8 Å². The SMILES string of the molecule is COc1ccccc1/C=C/c1nc(C#N)c(N2CCN(C(=O)c3ccc(C)cc3)CC2)o1. The molecule has 0 spiro atoms. The number of anilines is 1. The molecule has 4 rings (SSSR count). The highest BCUT2D eigenvalue weighted by Crippen LogP contribution is 2.26. The van der Waals surface area contributed by atoms with E-state index in [1.807, 2.05) is 71.3 Å². The zero-order valence-electron chi connectivity index (χ0n) is 18.1. The number of rotatable bonds is 5. The Hall–Kier alpha value is -4.05. The number of ether oxygens (including phenoxy) is 1. The van der Waals surface area contributed by atoms with Crippen LogP contribution in [0.15, 0.2) is 52.9 Å².